The van der Waals surface area contributed by atoms with Gasteiger partial charge < -0.3 is 14.2 Å². The smallest absolute Gasteiger partial charge is 0.338 e. The lowest BCUT2D eigenvalue weighted by molar-refractivity contribution is -0.131. The Hall–Kier alpha value is -2.80. The van der Waals surface area contributed by atoms with Crippen molar-refractivity contribution in [2.24, 2.45) is 0 Å². The summed E-state index contributed by atoms with van der Waals surface area (Å²) in [4.78, 5) is 36.8. The van der Waals surface area contributed by atoms with Crippen LogP contribution in [0.1, 0.15) is 31.8 Å². The third-order valence-electron chi connectivity index (χ3n) is 3.67. The van der Waals surface area contributed by atoms with Gasteiger partial charge in [-0.05, 0) is 43.7 Å². The molecule has 27 heavy (non-hydrogen) atoms. The van der Waals surface area contributed by atoms with Crippen LogP contribution in [0.4, 0.5) is 0 Å². The SMILES string of the molecule is COC(=O)c1cc(OC(=O)CSc2cc(C)ccc2C)cc(C(=O)OC)c1. The van der Waals surface area contributed by atoms with E-state index >= 15 is 0 Å². The van der Waals surface area contributed by atoms with Crippen molar-refractivity contribution < 1.29 is 28.6 Å². The Morgan fingerprint density at radius 2 is 1.48 bits per heavy atom. The topological polar surface area (TPSA) is 78.9 Å². The van der Waals surface area contributed by atoms with E-state index in [1.54, 1.807) is 0 Å². The monoisotopic (exact) mass is 388 g/mol. The Kier molecular flexibility index (Phi) is 7.01. The molecule has 6 nitrogen and oxygen atoms in total. The maximum Gasteiger partial charge on any atom is 0.338 e. The minimum Gasteiger partial charge on any atom is -0.465 e. The number of benzene rings is 2. The number of rotatable bonds is 6. The molecule has 0 aliphatic rings. The Labute approximate surface area is 161 Å². The summed E-state index contributed by atoms with van der Waals surface area (Å²) in [5.74, 6) is -1.64. The fourth-order valence-electron chi connectivity index (χ4n) is 2.29. The van der Waals surface area contributed by atoms with Crippen LogP contribution in [0, 0.1) is 13.8 Å². The van der Waals surface area contributed by atoms with Gasteiger partial charge in [-0.1, -0.05) is 17.7 Å². The lowest BCUT2D eigenvalue weighted by Gasteiger charge is -2.09. The van der Waals surface area contributed by atoms with E-state index in [2.05, 4.69) is 9.47 Å². The van der Waals surface area contributed by atoms with Crippen molar-refractivity contribution in [1.29, 1.82) is 0 Å². The molecule has 0 unspecified atom stereocenters. The highest BCUT2D eigenvalue weighted by molar-refractivity contribution is 8.00. The Morgan fingerprint density at radius 3 is 2.04 bits per heavy atom. The third-order valence-corrected chi connectivity index (χ3v) is 4.80. The fraction of sp³-hybridized carbons (Fsp3) is 0.250. The van der Waals surface area contributed by atoms with E-state index in [0.717, 1.165) is 16.0 Å². The minimum atomic E-state index is -0.650. The first kappa shape index (κ1) is 20.5. The molecule has 0 saturated carbocycles. The summed E-state index contributed by atoms with van der Waals surface area (Å²) in [6.45, 7) is 3.95. The van der Waals surface area contributed by atoms with Crippen LogP contribution in [0.3, 0.4) is 0 Å². The van der Waals surface area contributed by atoms with Crippen molar-refractivity contribution in [3.63, 3.8) is 0 Å². The standard InChI is InChI=1S/C20H20O6S/c1-12-5-6-13(2)17(7-12)27-11-18(21)26-16-9-14(19(22)24-3)8-15(10-16)20(23)25-4/h5-10H,11H2,1-4H3. The second-order valence-corrected chi connectivity index (χ2v) is 6.78. The fourth-order valence-corrected chi connectivity index (χ4v) is 3.19. The minimum absolute atomic E-state index is 0.0739. The first-order valence-corrected chi connectivity index (χ1v) is 9.05. The van der Waals surface area contributed by atoms with Gasteiger partial charge in [0.2, 0.25) is 0 Å². The van der Waals surface area contributed by atoms with Crippen molar-refractivity contribution in [2.75, 3.05) is 20.0 Å². The van der Waals surface area contributed by atoms with Crippen molar-refractivity contribution in [3.8, 4) is 5.75 Å². The summed E-state index contributed by atoms with van der Waals surface area (Å²) in [6, 6.07) is 10.0. The predicted octanol–water partition coefficient (Wildman–Crippen LogP) is 3.57. The molecular formula is C20H20O6S. The summed E-state index contributed by atoms with van der Waals surface area (Å²) in [6.07, 6.45) is 0. The number of ether oxygens (including phenoxy) is 3. The number of esters is 3. The van der Waals surface area contributed by atoms with E-state index in [0.29, 0.717) is 0 Å². The second-order valence-electron chi connectivity index (χ2n) is 5.76. The molecule has 0 amide bonds. The van der Waals surface area contributed by atoms with Crippen LogP contribution in [0.25, 0.3) is 0 Å². The number of aryl methyl sites for hydroxylation is 2. The second kappa shape index (κ2) is 9.23. The third kappa shape index (κ3) is 5.59. The number of thioether (sulfide) groups is 1. The highest BCUT2D eigenvalue weighted by atomic mass is 32.2. The number of hydrogen-bond donors (Lipinski definition) is 0. The van der Waals surface area contributed by atoms with Gasteiger partial charge in [-0.15, -0.1) is 11.8 Å². The van der Waals surface area contributed by atoms with E-state index < -0.39 is 17.9 Å². The van der Waals surface area contributed by atoms with Crippen molar-refractivity contribution in [3.05, 3.63) is 58.7 Å². The van der Waals surface area contributed by atoms with Crippen LogP contribution in [0.5, 0.6) is 5.75 Å². The van der Waals surface area contributed by atoms with Gasteiger partial charge in [0, 0.05) is 4.90 Å². The molecule has 0 spiro atoms. The van der Waals surface area contributed by atoms with E-state index in [1.807, 2.05) is 32.0 Å². The molecule has 142 valence electrons. The molecule has 7 heteroatoms. The molecule has 0 aliphatic carbocycles. The van der Waals surface area contributed by atoms with Crippen molar-refractivity contribution in [1.82, 2.24) is 0 Å². The molecular weight excluding hydrogens is 368 g/mol. The average molecular weight is 388 g/mol. The molecule has 0 saturated heterocycles. The molecule has 2 aromatic carbocycles. The van der Waals surface area contributed by atoms with Gasteiger partial charge in [-0.2, -0.15) is 0 Å². The highest BCUT2D eigenvalue weighted by Crippen LogP contribution is 2.25. The predicted molar refractivity (Wildman–Crippen MR) is 101 cm³/mol. The van der Waals surface area contributed by atoms with Gasteiger partial charge in [0.1, 0.15) is 5.75 Å². The van der Waals surface area contributed by atoms with Gasteiger partial charge in [-0.3, -0.25) is 4.79 Å². The van der Waals surface area contributed by atoms with Crippen molar-refractivity contribution >= 4 is 29.7 Å². The largest absolute Gasteiger partial charge is 0.465 e. The summed E-state index contributed by atoms with van der Waals surface area (Å²) < 4.78 is 14.6. The van der Waals surface area contributed by atoms with Crippen LogP contribution in [0.15, 0.2) is 41.3 Å². The van der Waals surface area contributed by atoms with Crippen LogP contribution >= 0.6 is 11.8 Å². The molecule has 0 aliphatic heterocycles. The lowest BCUT2D eigenvalue weighted by atomic mass is 10.1. The van der Waals surface area contributed by atoms with Gasteiger partial charge in [0.05, 0.1) is 31.1 Å². The Bertz CT molecular complexity index is 841. The lowest BCUT2D eigenvalue weighted by Crippen LogP contribution is -2.13. The summed E-state index contributed by atoms with van der Waals surface area (Å²) in [5, 5.41) is 0. The van der Waals surface area contributed by atoms with Crippen molar-refractivity contribution in [2.45, 2.75) is 18.7 Å². The Balaban J connectivity index is 2.15. The molecule has 0 fully saturated rings. The number of hydrogen-bond acceptors (Lipinski definition) is 7. The molecule has 0 radical (unpaired) electrons. The first-order chi connectivity index (χ1) is 12.8. The molecule has 2 rings (SSSR count). The van der Waals surface area contributed by atoms with Crippen LogP contribution in [-0.2, 0) is 14.3 Å². The molecule has 0 heterocycles. The van der Waals surface area contributed by atoms with Crippen LogP contribution < -0.4 is 4.74 Å². The van der Waals surface area contributed by atoms with Crippen LogP contribution in [-0.4, -0.2) is 37.9 Å². The van der Waals surface area contributed by atoms with E-state index in [4.69, 9.17) is 4.74 Å². The van der Waals surface area contributed by atoms with E-state index in [9.17, 15) is 14.4 Å². The van der Waals surface area contributed by atoms with E-state index in [-0.39, 0.29) is 22.6 Å². The molecule has 0 atom stereocenters. The zero-order chi connectivity index (χ0) is 20.0. The Morgan fingerprint density at radius 1 is 0.889 bits per heavy atom. The quantitative estimate of drug-likeness (QED) is 0.425. The first-order valence-electron chi connectivity index (χ1n) is 8.06. The average Bonchev–Trinajstić information content (AvgIpc) is 2.67. The normalized spacial score (nSPS) is 10.2. The maximum atomic E-state index is 12.2. The molecule has 0 aromatic heterocycles. The summed E-state index contributed by atoms with van der Waals surface area (Å²) >= 11 is 1.36. The van der Waals surface area contributed by atoms with Gasteiger partial charge in [-0.25, -0.2) is 9.59 Å². The zero-order valence-electron chi connectivity index (χ0n) is 15.5. The number of carbonyl (C=O) groups excluding carboxylic acids is 3. The summed E-state index contributed by atoms with van der Waals surface area (Å²) in [7, 11) is 2.44. The maximum absolute atomic E-state index is 12.2. The van der Waals surface area contributed by atoms with E-state index in [1.165, 1.54) is 44.2 Å². The summed E-state index contributed by atoms with van der Waals surface area (Å²) in [5.41, 5.74) is 2.35. The molecule has 0 N–H and O–H groups in total. The number of methoxy groups -OCH3 is 2. The number of carbonyl (C=O) groups is 3. The molecule has 2 aromatic rings. The van der Waals surface area contributed by atoms with Gasteiger partial charge in [0.25, 0.3) is 0 Å². The molecule has 0 bridgehead atoms. The van der Waals surface area contributed by atoms with Gasteiger partial charge in [0.15, 0.2) is 0 Å². The van der Waals surface area contributed by atoms with Crippen LogP contribution in [0.2, 0.25) is 0 Å². The zero-order valence-corrected chi connectivity index (χ0v) is 16.3. The highest BCUT2D eigenvalue weighted by Gasteiger charge is 2.16. The van der Waals surface area contributed by atoms with Gasteiger partial charge >= 0.3 is 17.9 Å².